The van der Waals surface area contributed by atoms with Crippen LogP contribution in [0.15, 0.2) is 18.2 Å². The van der Waals surface area contributed by atoms with Crippen molar-refractivity contribution >= 4 is 24.3 Å². The predicted octanol–water partition coefficient (Wildman–Crippen LogP) is 1.14. The van der Waals surface area contributed by atoms with Gasteiger partial charge in [0, 0.05) is 0 Å². The van der Waals surface area contributed by atoms with Crippen LogP contribution in [0.1, 0.15) is 4.57 Å². The molecule has 1 aromatic carbocycles. The van der Waals surface area contributed by atoms with Crippen LogP contribution in [0, 0.1) is 31.6 Å². The van der Waals surface area contributed by atoms with Crippen molar-refractivity contribution < 1.29 is 9.30 Å². The molecule has 3 heteroatoms. The standard InChI is InChI=1S/C14H12NOSe/c1-4-8-15-11(3)17-14-7-6-12(10-13(14)15)16-9-5-2/h1-2,6-7,10H,8-9H2,3H3/q+1. The molecular weight excluding hydrogens is 277 g/mol. The van der Waals surface area contributed by atoms with Crippen molar-refractivity contribution in [3.05, 3.63) is 22.8 Å². The van der Waals surface area contributed by atoms with E-state index in [1.54, 1.807) is 0 Å². The van der Waals surface area contributed by atoms with Gasteiger partial charge in [0.1, 0.15) is 0 Å². The van der Waals surface area contributed by atoms with Gasteiger partial charge in [-0.3, -0.25) is 0 Å². The molecule has 0 aliphatic rings. The Kier molecular flexibility index (Phi) is 3.55. The van der Waals surface area contributed by atoms with Crippen LogP contribution in [-0.4, -0.2) is 21.1 Å². The number of benzene rings is 1. The summed E-state index contributed by atoms with van der Waals surface area (Å²) in [6.45, 7) is 3.03. The van der Waals surface area contributed by atoms with Crippen molar-refractivity contribution in [1.82, 2.24) is 0 Å². The van der Waals surface area contributed by atoms with Crippen molar-refractivity contribution in [2.75, 3.05) is 6.61 Å². The van der Waals surface area contributed by atoms with E-state index in [0.29, 0.717) is 27.7 Å². The second kappa shape index (κ2) is 5.11. The van der Waals surface area contributed by atoms with Gasteiger partial charge in [-0.15, -0.1) is 0 Å². The SMILES string of the molecule is C#CCOc1ccc2[se]c(C)[n+](CC#C)c2c1. The Morgan fingerprint density at radius 1 is 1.35 bits per heavy atom. The molecule has 1 heterocycles. The first-order valence-corrected chi connectivity index (χ1v) is 6.90. The predicted molar refractivity (Wildman–Crippen MR) is 69.0 cm³/mol. The van der Waals surface area contributed by atoms with Gasteiger partial charge >= 0.3 is 107 Å². The van der Waals surface area contributed by atoms with Crippen molar-refractivity contribution in [3.8, 4) is 30.4 Å². The molecule has 0 radical (unpaired) electrons. The number of aryl methyl sites for hydroxylation is 1. The Morgan fingerprint density at radius 2 is 2.18 bits per heavy atom. The second-order valence-corrected chi connectivity index (χ2v) is 6.12. The average Bonchev–Trinajstić information content (AvgIpc) is 2.64. The summed E-state index contributed by atoms with van der Waals surface area (Å²) in [7, 11) is 0. The Morgan fingerprint density at radius 3 is 2.88 bits per heavy atom. The molecular formula is C14H12NOSe+. The van der Waals surface area contributed by atoms with Gasteiger partial charge in [-0.2, -0.15) is 0 Å². The maximum atomic E-state index is 5.43. The molecule has 0 fully saturated rings. The van der Waals surface area contributed by atoms with E-state index in [2.05, 4.69) is 29.4 Å². The van der Waals surface area contributed by atoms with E-state index in [1.807, 2.05) is 12.1 Å². The Bertz CT molecular complexity index is 628. The Labute approximate surface area is 107 Å². The van der Waals surface area contributed by atoms with Crippen molar-refractivity contribution in [1.29, 1.82) is 0 Å². The molecule has 84 valence electrons. The summed E-state index contributed by atoms with van der Waals surface area (Å²) < 4.78 is 10.3. The third-order valence-corrected chi connectivity index (χ3v) is 4.70. The number of hydrogen-bond donors (Lipinski definition) is 0. The van der Waals surface area contributed by atoms with E-state index in [4.69, 9.17) is 17.6 Å². The second-order valence-electron chi connectivity index (χ2n) is 3.53. The molecule has 2 nitrogen and oxygen atoms in total. The fourth-order valence-corrected chi connectivity index (χ4v) is 3.78. The van der Waals surface area contributed by atoms with Crippen LogP contribution in [0.5, 0.6) is 5.75 Å². The zero-order valence-electron chi connectivity index (χ0n) is 9.56. The average molecular weight is 289 g/mol. The van der Waals surface area contributed by atoms with Gasteiger partial charge in [-0.25, -0.2) is 0 Å². The minimum absolute atomic E-state index is 0.293. The van der Waals surface area contributed by atoms with Gasteiger partial charge in [-0.1, -0.05) is 0 Å². The maximum absolute atomic E-state index is 5.43. The third kappa shape index (κ3) is 2.37. The quantitative estimate of drug-likeness (QED) is 0.469. The van der Waals surface area contributed by atoms with E-state index in [0.717, 1.165) is 11.3 Å². The fourth-order valence-electron chi connectivity index (χ4n) is 1.68. The summed E-state index contributed by atoms with van der Waals surface area (Å²) in [5, 5.41) is 0. The van der Waals surface area contributed by atoms with Crippen LogP contribution < -0.4 is 9.30 Å². The zero-order valence-corrected chi connectivity index (χ0v) is 11.3. The Hall–Kier alpha value is -1.67. The number of terminal acetylenes is 2. The van der Waals surface area contributed by atoms with Crippen LogP contribution in [0.2, 0.25) is 0 Å². The molecule has 0 N–H and O–H groups in total. The number of nitrogens with zero attached hydrogens (tertiary/aromatic N) is 1. The van der Waals surface area contributed by atoms with Crippen LogP contribution >= 0.6 is 0 Å². The Balaban J connectivity index is 2.48. The van der Waals surface area contributed by atoms with Gasteiger partial charge < -0.3 is 0 Å². The van der Waals surface area contributed by atoms with Gasteiger partial charge in [0.15, 0.2) is 0 Å². The van der Waals surface area contributed by atoms with Crippen molar-refractivity contribution in [2.45, 2.75) is 13.5 Å². The van der Waals surface area contributed by atoms with E-state index in [1.165, 1.54) is 8.83 Å². The molecule has 0 unspecified atom stereocenters. The molecule has 0 bridgehead atoms. The summed E-state index contributed by atoms with van der Waals surface area (Å²) in [6.07, 6.45) is 10.6. The topological polar surface area (TPSA) is 13.1 Å². The molecule has 0 atom stereocenters. The first-order valence-electron chi connectivity index (χ1n) is 5.19. The number of hydrogen-bond acceptors (Lipinski definition) is 1. The summed E-state index contributed by atoms with van der Waals surface area (Å²) in [6, 6.07) is 6.08. The van der Waals surface area contributed by atoms with Crippen LogP contribution in [0.3, 0.4) is 0 Å². The number of ether oxygens (including phenoxy) is 1. The molecule has 0 amide bonds. The van der Waals surface area contributed by atoms with Crippen LogP contribution in [-0.2, 0) is 6.54 Å². The summed E-state index contributed by atoms with van der Waals surface area (Å²) in [5.74, 6) is 5.95. The minimum atomic E-state index is 0.293. The van der Waals surface area contributed by atoms with Crippen LogP contribution in [0.4, 0.5) is 0 Å². The van der Waals surface area contributed by atoms with E-state index in [-0.39, 0.29) is 0 Å². The monoisotopic (exact) mass is 290 g/mol. The molecule has 1 aromatic heterocycles. The molecule has 0 aliphatic carbocycles. The van der Waals surface area contributed by atoms with Gasteiger partial charge in [0.25, 0.3) is 0 Å². The molecule has 2 aromatic rings. The van der Waals surface area contributed by atoms with Crippen molar-refractivity contribution in [2.24, 2.45) is 0 Å². The summed E-state index contributed by atoms with van der Waals surface area (Å²) >= 11 is 0.372. The molecule has 17 heavy (non-hydrogen) atoms. The zero-order chi connectivity index (χ0) is 12.3. The molecule has 2 rings (SSSR count). The molecule has 0 saturated heterocycles. The first kappa shape index (κ1) is 11.8. The third-order valence-electron chi connectivity index (χ3n) is 2.43. The van der Waals surface area contributed by atoms with Crippen LogP contribution in [0.25, 0.3) is 9.78 Å². The van der Waals surface area contributed by atoms with Gasteiger partial charge in [0.05, 0.1) is 0 Å². The number of rotatable bonds is 3. The van der Waals surface area contributed by atoms with Gasteiger partial charge in [-0.05, 0) is 0 Å². The van der Waals surface area contributed by atoms with Gasteiger partial charge in [0.2, 0.25) is 0 Å². The number of aromatic nitrogens is 1. The summed E-state index contributed by atoms with van der Waals surface area (Å²) in [4.78, 5) is 0. The first-order chi connectivity index (χ1) is 8.26. The normalized spacial score (nSPS) is 9.82. The molecule has 0 spiro atoms. The van der Waals surface area contributed by atoms with Crippen molar-refractivity contribution in [3.63, 3.8) is 0 Å². The van der Waals surface area contributed by atoms with E-state index < -0.39 is 0 Å². The number of fused-ring (bicyclic) bond motifs is 1. The molecule has 0 aliphatic heterocycles. The van der Waals surface area contributed by atoms with E-state index >= 15 is 0 Å². The summed E-state index contributed by atoms with van der Waals surface area (Å²) in [5.41, 5.74) is 1.16. The fraction of sp³-hybridized carbons (Fsp3) is 0.214. The van der Waals surface area contributed by atoms with E-state index in [9.17, 15) is 0 Å². The molecule has 0 saturated carbocycles.